The van der Waals surface area contributed by atoms with E-state index < -0.39 is 11.7 Å². The summed E-state index contributed by atoms with van der Waals surface area (Å²) < 4.78 is 38.4. The Hall–Kier alpha value is -1.29. The number of alkyl halides is 3. The van der Waals surface area contributed by atoms with Gasteiger partial charge in [-0.3, -0.25) is 4.98 Å². The van der Waals surface area contributed by atoms with E-state index in [1.165, 1.54) is 12.3 Å². The van der Waals surface area contributed by atoms with Crippen molar-refractivity contribution in [3.05, 3.63) is 40.5 Å². The maximum Gasteiger partial charge on any atom is 0.417 e. The van der Waals surface area contributed by atoms with Crippen LogP contribution in [0.15, 0.2) is 24.4 Å². The molecule has 2 rings (SSSR count). The van der Waals surface area contributed by atoms with Crippen molar-refractivity contribution < 1.29 is 13.2 Å². The number of aryl methyl sites for hydroxylation is 1. The lowest BCUT2D eigenvalue weighted by atomic mass is 10.0. The van der Waals surface area contributed by atoms with Gasteiger partial charge < -0.3 is 0 Å². The minimum atomic E-state index is -4.42. The van der Waals surface area contributed by atoms with E-state index in [0.717, 1.165) is 6.07 Å². The molecule has 1 aromatic heterocycles. The molecule has 0 N–H and O–H groups in total. The molecule has 2 aromatic rings. The fourth-order valence-corrected chi connectivity index (χ4v) is 1.86. The van der Waals surface area contributed by atoms with Crippen LogP contribution in [-0.2, 0) is 6.18 Å². The second kappa shape index (κ2) is 3.63. The number of benzene rings is 1. The van der Waals surface area contributed by atoms with Crippen LogP contribution in [0.4, 0.5) is 13.2 Å². The molecular formula is C11H7ClF3N. The Balaban J connectivity index is 2.91. The van der Waals surface area contributed by atoms with Crippen LogP contribution >= 0.6 is 11.6 Å². The minimum Gasteiger partial charge on any atom is -0.256 e. The van der Waals surface area contributed by atoms with Gasteiger partial charge in [0.05, 0.1) is 16.1 Å². The number of hydrogen-bond donors (Lipinski definition) is 0. The second-order valence-electron chi connectivity index (χ2n) is 3.50. The topological polar surface area (TPSA) is 12.9 Å². The Morgan fingerprint density at radius 2 is 1.94 bits per heavy atom. The molecule has 0 spiro atoms. The zero-order valence-electron chi connectivity index (χ0n) is 8.27. The Bertz CT molecular complexity index is 549. The van der Waals surface area contributed by atoms with Crippen LogP contribution in [0.25, 0.3) is 10.9 Å². The third-order valence-electron chi connectivity index (χ3n) is 2.24. The highest BCUT2D eigenvalue weighted by Gasteiger charge is 2.33. The third kappa shape index (κ3) is 1.85. The van der Waals surface area contributed by atoms with Crippen molar-refractivity contribution in [3.8, 4) is 0 Å². The lowest BCUT2D eigenvalue weighted by Gasteiger charge is -2.12. The lowest BCUT2D eigenvalue weighted by molar-refractivity contribution is -0.136. The van der Waals surface area contributed by atoms with Gasteiger partial charge in [-0.15, -0.1) is 0 Å². The summed E-state index contributed by atoms with van der Waals surface area (Å²) in [6.07, 6.45) is -3.03. The van der Waals surface area contributed by atoms with Gasteiger partial charge >= 0.3 is 6.18 Å². The SMILES string of the molecule is Cc1cc(C(F)(F)F)c2c(Cl)ccnc2c1. The Labute approximate surface area is 94.9 Å². The molecule has 0 amide bonds. The summed E-state index contributed by atoms with van der Waals surface area (Å²) in [7, 11) is 0. The summed E-state index contributed by atoms with van der Waals surface area (Å²) in [6, 6.07) is 4.01. The van der Waals surface area contributed by atoms with Gasteiger partial charge in [-0.25, -0.2) is 0 Å². The maximum absolute atomic E-state index is 12.8. The summed E-state index contributed by atoms with van der Waals surface area (Å²) in [6.45, 7) is 1.59. The molecule has 1 nitrogen and oxygen atoms in total. The molecule has 5 heteroatoms. The van der Waals surface area contributed by atoms with Gasteiger partial charge in [0.1, 0.15) is 0 Å². The molecule has 0 atom stereocenters. The average molecular weight is 246 g/mol. The largest absolute Gasteiger partial charge is 0.417 e. The lowest BCUT2D eigenvalue weighted by Crippen LogP contribution is -2.07. The molecule has 0 saturated carbocycles. The monoisotopic (exact) mass is 245 g/mol. The van der Waals surface area contributed by atoms with E-state index in [0.29, 0.717) is 5.56 Å². The van der Waals surface area contributed by atoms with Crippen molar-refractivity contribution in [2.24, 2.45) is 0 Å². The average Bonchev–Trinajstić information content (AvgIpc) is 2.15. The van der Waals surface area contributed by atoms with Crippen molar-refractivity contribution in [1.82, 2.24) is 4.98 Å². The van der Waals surface area contributed by atoms with Crippen molar-refractivity contribution in [1.29, 1.82) is 0 Å². The quantitative estimate of drug-likeness (QED) is 0.677. The summed E-state index contributed by atoms with van der Waals surface area (Å²) in [5.74, 6) is 0. The van der Waals surface area contributed by atoms with E-state index in [1.807, 2.05) is 0 Å². The Morgan fingerprint density at radius 3 is 2.56 bits per heavy atom. The van der Waals surface area contributed by atoms with Crippen molar-refractivity contribution >= 4 is 22.5 Å². The highest BCUT2D eigenvalue weighted by Crippen LogP contribution is 2.37. The number of nitrogens with zero attached hydrogens (tertiary/aromatic N) is 1. The maximum atomic E-state index is 12.8. The molecule has 0 aliphatic rings. The number of fused-ring (bicyclic) bond motifs is 1. The van der Waals surface area contributed by atoms with Crippen LogP contribution < -0.4 is 0 Å². The van der Waals surface area contributed by atoms with Crippen molar-refractivity contribution in [2.45, 2.75) is 13.1 Å². The second-order valence-corrected chi connectivity index (χ2v) is 3.90. The minimum absolute atomic E-state index is 0.0396. The molecule has 1 aromatic carbocycles. The van der Waals surface area contributed by atoms with Crippen LogP contribution in [0.5, 0.6) is 0 Å². The van der Waals surface area contributed by atoms with Crippen LogP contribution in [0.3, 0.4) is 0 Å². The van der Waals surface area contributed by atoms with E-state index >= 15 is 0 Å². The molecule has 16 heavy (non-hydrogen) atoms. The number of rotatable bonds is 0. The summed E-state index contributed by atoms with van der Waals surface area (Å²) in [4.78, 5) is 3.89. The number of halogens is 4. The first-order valence-corrected chi connectivity index (χ1v) is 4.89. The molecule has 0 saturated heterocycles. The van der Waals surface area contributed by atoms with Crippen LogP contribution in [0.1, 0.15) is 11.1 Å². The fraction of sp³-hybridized carbons (Fsp3) is 0.182. The Morgan fingerprint density at radius 1 is 1.25 bits per heavy atom. The molecule has 0 bridgehead atoms. The normalized spacial score (nSPS) is 12.1. The number of hydrogen-bond acceptors (Lipinski definition) is 1. The molecule has 0 fully saturated rings. The van der Waals surface area contributed by atoms with E-state index in [4.69, 9.17) is 11.6 Å². The van der Waals surface area contributed by atoms with Crippen LogP contribution in [0.2, 0.25) is 5.02 Å². The van der Waals surface area contributed by atoms with Crippen LogP contribution in [0, 0.1) is 6.92 Å². The van der Waals surface area contributed by atoms with Crippen molar-refractivity contribution in [3.63, 3.8) is 0 Å². The molecule has 1 heterocycles. The number of aromatic nitrogens is 1. The highest BCUT2D eigenvalue weighted by molar-refractivity contribution is 6.35. The number of pyridine rings is 1. The predicted octanol–water partition coefficient (Wildman–Crippen LogP) is 4.22. The first-order chi connectivity index (χ1) is 7.39. The smallest absolute Gasteiger partial charge is 0.256 e. The van der Waals surface area contributed by atoms with Gasteiger partial charge in [0.15, 0.2) is 0 Å². The van der Waals surface area contributed by atoms with Gasteiger partial charge in [0.25, 0.3) is 0 Å². The molecule has 0 unspecified atom stereocenters. The van der Waals surface area contributed by atoms with E-state index in [1.54, 1.807) is 13.0 Å². The zero-order chi connectivity index (χ0) is 11.9. The van der Waals surface area contributed by atoms with Gasteiger partial charge in [0.2, 0.25) is 0 Å². The molecular weight excluding hydrogens is 239 g/mol. The molecule has 84 valence electrons. The Kier molecular flexibility index (Phi) is 2.54. The van der Waals surface area contributed by atoms with Crippen molar-refractivity contribution in [2.75, 3.05) is 0 Å². The zero-order valence-corrected chi connectivity index (χ0v) is 9.02. The van der Waals surface area contributed by atoms with Gasteiger partial charge in [-0.1, -0.05) is 11.6 Å². The first kappa shape index (κ1) is 11.2. The molecule has 0 radical (unpaired) electrons. The third-order valence-corrected chi connectivity index (χ3v) is 2.56. The standard InChI is InChI=1S/C11H7ClF3N/c1-6-4-7(11(13,14)15)10-8(12)2-3-16-9(10)5-6/h2-5H,1H3. The van der Waals surface area contributed by atoms with E-state index in [9.17, 15) is 13.2 Å². The highest BCUT2D eigenvalue weighted by atomic mass is 35.5. The van der Waals surface area contributed by atoms with E-state index in [2.05, 4.69) is 4.98 Å². The summed E-state index contributed by atoms with van der Waals surface area (Å²) >= 11 is 5.78. The first-order valence-electron chi connectivity index (χ1n) is 4.51. The van der Waals surface area contributed by atoms with Crippen LogP contribution in [-0.4, -0.2) is 4.98 Å². The predicted molar refractivity (Wildman–Crippen MR) is 56.5 cm³/mol. The van der Waals surface area contributed by atoms with E-state index in [-0.39, 0.29) is 15.9 Å². The van der Waals surface area contributed by atoms with Gasteiger partial charge in [-0.05, 0) is 30.7 Å². The van der Waals surface area contributed by atoms with Gasteiger partial charge in [0, 0.05) is 11.6 Å². The molecule has 0 aliphatic heterocycles. The molecule has 0 aliphatic carbocycles. The van der Waals surface area contributed by atoms with Gasteiger partial charge in [-0.2, -0.15) is 13.2 Å². The fourth-order valence-electron chi connectivity index (χ4n) is 1.61. The summed E-state index contributed by atoms with van der Waals surface area (Å²) in [5, 5.41) is 0.0274. The summed E-state index contributed by atoms with van der Waals surface area (Å²) in [5.41, 5.74) is 0.0371.